The number of methoxy groups -OCH3 is 2. The number of amides is 1. The van der Waals surface area contributed by atoms with Gasteiger partial charge in [-0.05, 0) is 38.5 Å². The van der Waals surface area contributed by atoms with Crippen LogP contribution in [0.15, 0.2) is 36.4 Å². The van der Waals surface area contributed by atoms with Crippen molar-refractivity contribution in [2.45, 2.75) is 39.4 Å². The van der Waals surface area contributed by atoms with Crippen molar-refractivity contribution in [1.82, 2.24) is 9.80 Å². The summed E-state index contributed by atoms with van der Waals surface area (Å²) in [7, 11) is 2.97. The predicted octanol–water partition coefficient (Wildman–Crippen LogP) is 3.55. The molecule has 2 aromatic carbocycles. The van der Waals surface area contributed by atoms with Crippen molar-refractivity contribution in [3.63, 3.8) is 0 Å². The van der Waals surface area contributed by atoms with Crippen LogP contribution in [0.3, 0.4) is 0 Å². The summed E-state index contributed by atoms with van der Waals surface area (Å²) in [6.45, 7) is 7.21. The molecule has 2 atom stereocenters. The molecule has 1 amide bonds. The maximum Gasteiger partial charge on any atom is 0.260 e. The van der Waals surface area contributed by atoms with Gasteiger partial charge in [-0.2, -0.15) is 0 Å². The third kappa shape index (κ3) is 5.82. The van der Waals surface area contributed by atoms with E-state index >= 15 is 0 Å². The summed E-state index contributed by atoms with van der Waals surface area (Å²) >= 11 is 0. The summed E-state index contributed by atoms with van der Waals surface area (Å²) in [5, 5.41) is 0. The number of Topliss-reactive ketones (excluding diaryl/α,β-unsaturated/α-hetero) is 1. The summed E-state index contributed by atoms with van der Waals surface area (Å²) in [5.41, 5.74) is 1.30. The first-order chi connectivity index (χ1) is 15.7. The lowest BCUT2D eigenvalue weighted by atomic mass is 10.1. The summed E-state index contributed by atoms with van der Waals surface area (Å²) < 4.78 is 29.6. The van der Waals surface area contributed by atoms with Crippen LogP contribution in [0.2, 0.25) is 0 Å². The molecule has 0 radical (unpaired) electrons. The Morgan fingerprint density at radius 3 is 2.27 bits per heavy atom. The Balaban J connectivity index is 1.67. The maximum atomic E-state index is 13.2. The molecule has 178 valence electrons. The number of hydrogen-bond acceptors (Lipinski definition) is 6. The van der Waals surface area contributed by atoms with Crippen LogP contribution in [0.5, 0.6) is 17.2 Å². The third-order valence-corrected chi connectivity index (χ3v) is 5.93. The van der Waals surface area contributed by atoms with E-state index in [2.05, 4.69) is 11.8 Å². The summed E-state index contributed by atoms with van der Waals surface area (Å²) in [5.74, 6) is 0.414. The van der Waals surface area contributed by atoms with Gasteiger partial charge in [0.25, 0.3) is 5.91 Å². The standard InChI is InChI=1S/C25H31FN2O5/c1-16-13-28(17(2)12-27(16)14-19-6-8-20(26)9-7-19)24(30)15-33-23-11-21(31-4)10-22(32-5)25(23)18(3)29/h6-11,16-17H,12-15H2,1-5H3/t16-,17+/m1/s1. The second-order valence-electron chi connectivity index (χ2n) is 8.35. The lowest BCUT2D eigenvalue weighted by molar-refractivity contribution is -0.139. The summed E-state index contributed by atoms with van der Waals surface area (Å²) in [6, 6.07) is 9.78. The van der Waals surface area contributed by atoms with Crippen molar-refractivity contribution in [2.75, 3.05) is 33.9 Å². The Bertz CT molecular complexity index is 995. The minimum Gasteiger partial charge on any atom is -0.496 e. The van der Waals surface area contributed by atoms with Gasteiger partial charge in [0.05, 0.1) is 14.2 Å². The number of nitrogens with zero attached hydrogens (tertiary/aromatic N) is 2. The Hall–Kier alpha value is -3.13. The molecule has 0 spiro atoms. The average molecular weight is 459 g/mol. The van der Waals surface area contributed by atoms with E-state index in [0.29, 0.717) is 31.1 Å². The molecule has 0 aliphatic carbocycles. The molecule has 33 heavy (non-hydrogen) atoms. The number of halogens is 1. The smallest absolute Gasteiger partial charge is 0.260 e. The van der Waals surface area contributed by atoms with E-state index in [1.165, 1.54) is 33.3 Å². The first-order valence-electron chi connectivity index (χ1n) is 10.9. The van der Waals surface area contributed by atoms with Crippen LogP contribution >= 0.6 is 0 Å². The van der Waals surface area contributed by atoms with E-state index in [4.69, 9.17) is 14.2 Å². The quantitative estimate of drug-likeness (QED) is 0.564. The second kappa shape index (κ2) is 10.7. The molecule has 1 fully saturated rings. The molecular formula is C25H31FN2O5. The fourth-order valence-corrected chi connectivity index (χ4v) is 4.12. The molecule has 2 aromatic rings. The van der Waals surface area contributed by atoms with Crippen molar-refractivity contribution in [2.24, 2.45) is 0 Å². The number of ketones is 1. The molecule has 0 saturated carbocycles. The number of hydrogen-bond donors (Lipinski definition) is 0. The molecule has 1 saturated heterocycles. The van der Waals surface area contributed by atoms with Crippen LogP contribution in [-0.4, -0.2) is 67.5 Å². The highest BCUT2D eigenvalue weighted by molar-refractivity contribution is 6.00. The zero-order valence-electron chi connectivity index (χ0n) is 19.8. The van der Waals surface area contributed by atoms with E-state index < -0.39 is 0 Å². The number of rotatable bonds is 8. The van der Waals surface area contributed by atoms with Crippen molar-refractivity contribution in [1.29, 1.82) is 0 Å². The number of carbonyl (C=O) groups is 2. The van der Waals surface area contributed by atoms with Gasteiger partial charge in [0, 0.05) is 43.9 Å². The molecule has 7 nitrogen and oxygen atoms in total. The number of benzene rings is 2. The van der Waals surface area contributed by atoms with Crippen LogP contribution in [-0.2, 0) is 11.3 Å². The molecule has 0 aromatic heterocycles. The zero-order valence-corrected chi connectivity index (χ0v) is 19.8. The van der Waals surface area contributed by atoms with Gasteiger partial charge in [-0.25, -0.2) is 4.39 Å². The van der Waals surface area contributed by atoms with Crippen molar-refractivity contribution >= 4 is 11.7 Å². The van der Waals surface area contributed by atoms with Crippen LogP contribution in [0, 0.1) is 5.82 Å². The van der Waals surface area contributed by atoms with E-state index in [9.17, 15) is 14.0 Å². The Morgan fingerprint density at radius 1 is 1.00 bits per heavy atom. The molecule has 1 aliphatic rings. The van der Waals surface area contributed by atoms with Gasteiger partial charge < -0.3 is 19.1 Å². The van der Waals surface area contributed by atoms with Crippen LogP contribution in [0.4, 0.5) is 4.39 Å². The highest BCUT2D eigenvalue weighted by Crippen LogP contribution is 2.34. The Morgan fingerprint density at radius 2 is 1.67 bits per heavy atom. The molecule has 1 aliphatic heterocycles. The molecule has 0 unspecified atom stereocenters. The molecule has 1 heterocycles. The van der Waals surface area contributed by atoms with E-state index in [1.54, 1.807) is 29.2 Å². The topological polar surface area (TPSA) is 68.3 Å². The van der Waals surface area contributed by atoms with Crippen LogP contribution in [0.25, 0.3) is 0 Å². The Labute approximate surface area is 194 Å². The minimum absolute atomic E-state index is 0.0233. The first kappa shape index (κ1) is 24.5. The predicted molar refractivity (Wildman–Crippen MR) is 122 cm³/mol. The number of ether oxygens (including phenoxy) is 3. The van der Waals surface area contributed by atoms with Gasteiger partial charge in [0.1, 0.15) is 28.6 Å². The second-order valence-corrected chi connectivity index (χ2v) is 8.35. The van der Waals surface area contributed by atoms with Gasteiger partial charge in [0.15, 0.2) is 12.4 Å². The summed E-state index contributed by atoms with van der Waals surface area (Å²) in [6.07, 6.45) is 0. The fraction of sp³-hybridized carbons (Fsp3) is 0.440. The SMILES string of the molecule is COc1cc(OC)c(C(C)=O)c(OCC(=O)N2C[C@@H](C)N(Cc3ccc(F)cc3)C[C@@H]2C)c1. The third-order valence-electron chi connectivity index (χ3n) is 5.93. The highest BCUT2D eigenvalue weighted by Gasteiger charge is 2.32. The first-order valence-corrected chi connectivity index (χ1v) is 10.9. The number of piperazine rings is 1. The average Bonchev–Trinajstić information content (AvgIpc) is 2.80. The van der Waals surface area contributed by atoms with Gasteiger partial charge in [-0.3, -0.25) is 14.5 Å². The molecule has 3 rings (SSSR count). The van der Waals surface area contributed by atoms with Crippen LogP contribution < -0.4 is 14.2 Å². The van der Waals surface area contributed by atoms with Gasteiger partial charge in [-0.15, -0.1) is 0 Å². The van der Waals surface area contributed by atoms with Gasteiger partial charge in [-0.1, -0.05) is 12.1 Å². The van der Waals surface area contributed by atoms with Gasteiger partial charge in [0.2, 0.25) is 0 Å². The molecular weight excluding hydrogens is 427 g/mol. The molecule has 8 heteroatoms. The maximum absolute atomic E-state index is 13.2. The lowest BCUT2D eigenvalue weighted by Crippen LogP contribution is -2.58. The van der Waals surface area contributed by atoms with Crippen molar-refractivity contribution in [3.05, 3.63) is 53.3 Å². The molecule has 0 bridgehead atoms. The van der Waals surface area contributed by atoms with Crippen LogP contribution in [0.1, 0.15) is 36.7 Å². The van der Waals surface area contributed by atoms with Crippen molar-refractivity contribution in [3.8, 4) is 17.2 Å². The lowest BCUT2D eigenvalue weighted by Gasteiger charge is -2.44. The number of carbonyl (C=O) groups excluding carboxylic acids is 2. The summed E-state index contributed by atoms with van der Waals surface area (Å²) in [4.78, 5) is 29.3. The van der Waals surface area contributed by atoms with E-state index in [1.807, 2.05) is 6.92 Å². The minimum atomic E-state index is -0.253. The highest BCUT2D eigenvalue weighted by atomic mass is 19.1. The van der Waals surface area contributed by atoms with E-state index in [0.717, 1.165) is 5.56 Å². The Kier molecular flexibility index (Phi) is 7.92. The largest absolute Gasteiger partial charge is 0.496 e. The zero-order chi connectivity index (χ0) is 24.1. The van der Waals surface area contributed by atoms with Crippen molar-refractivity contribution < 1.29 is 28.2 Å². The van der Waals surface area contributed by atoms with Gasteiger partial charge >= 0.3 is 0 Å². The van der Waals surface area contributed by atoms with E-state index in [-0.39, 0.29) is 47.5 Å². The fourth-order valence-electron chi connectivity index (χ4n) is 4.12. The normalized spacial score (nSPS) is 18.7. The molecule has 0 N–H and O–H groups in total. The monoisotopic (exact) mass is 458 g/mol.